The van der Waals surface area contributed by atoms with Crippen LogP contribution < -0.4 is 25.4 Å². The molecule has 258 valence electrons. The van der Waals surface area contributed by atoms with Crippen molar-refractivity contribution >= 4 is 52.9 Å². The molecule has 0 aliphatic heterocycles. The lowest BCUT2D eigenvalue weighted by Gasteiger charge is -2.18. The van der Waals surface area contributed by atoms with Crippen molar-refractivity contribution in [3.8, 4) is 11.5 Å². The molecule has 5 aromatic carbocycles. The van der Waals surface area contributed by atoms with Crippen LogP contribution in [0.3, 0.4) is 0 Å². The van der Waals surface area contributed by atoms with Gasteiger partial charge in [0, 0.05) is 21.7 Å². The molecule has 0 bridgehead atoms. The average molecular weight is 702 g/mol. The summed E-state index contributed by atoms with van der Waals surface area (Å²) >= 11 is 1.30. The van der Waals surface area contributed by atoms with Crippen molar-refractivity contribution in [2.45, 2.75) is 10.1 Å². The number of para-hydroxylation sites is 2. The molecule has 0 aliphatic carbocycles. The second kappa shape index (κ2) is 17.4. The fraction of sp³-hybridized carbons (Fsp3) is 0.100. The number of ether oxygens (including phenoxy) is 3. The van der Waals surface area contributed by atoms with Crippen molar-refractivity contribution in [1.29, 1.82) is 0 Å². The van der Waals surface area contributed by atoms with Crippen molar-refractivity contribution in [3.05, 3.63) is 155 Å². The molecule has 5 aromatic rings. The number of nitrogens with one attached hydrogen (secondary N) is 3. The molecular formula is C40H35N3O7S. The number of benzene rings is 5. The Kier molecular flexibility index (Phi) is 12.2. The zero-order valence-electron chi connectivity index (χ0n) is 28.0. The van der Waals surface area contributed by atoms with Gasteiger partial charge in [-0.05, 0) is 66.2 Å². The van der Waals surface area contributed by atoms with Gasteiger partial charge in [0.15, 0.2) is 11.5 Å². The van der Waals surface area contributed by atoms with Crippen LogP contribution in [0, 0.1) is 0 Å². The predicted molar refractivity (Wildman–Crippen MR) is 198 cm³/mol. The highest BCUT2D eigenvalue weighted by Crippen LogP contribution is 2.37. The van der Waals surface area contributed by atoms with E-state index in [0.717, 1.165) is 10.5 Å². The van der Waals surface area contributed by atoms with Crippen LogP contribution in [-0.4, -0.2) is 45.0 Å². The van der Waals surface area contributed by atoms with E-state index in [2.05, 4.69) is 16.0 Å². The summed E-state index contributed by atoms with van der Waals surface area (Å²) in [5.74, 6) is -1.08. The van der Waals surface area contributed by atoms with Crippen LogP contribution >= 0.6 is 11.8 Å². The third kappa shape index (κ3) is 9.22. The summed E-state index contributed by atoms with van der Waals surface area (Å²) in [5, 5.41) is 7.78. The second-order valence-corrected chi connectivity index (χ2v) is 12.1. The number of amides is 3. The first-order valence-electron chi connectivity index (χ1n) is 15.7. The van der Waals surface area contributed by atoms with Crippen LogP contribution in [0.4, 0.5) is 11.4 Å². The van der Waals surface area contributed by atoms with Crippen LogP contribution in [0.1, 0.15) is 37.1 Å². The lowest BCUT2D eigenvalue weighted by atomic mass is 10.1. The normalized spacial score (nSPS) is 11.5. The van der Waals surface area contributed by atoms with E-state index < -0.39 is 23.0 Å². The highest BCUT2D eigenvalue weighted by molar-refractivity contribution is 8.00. The van der Waals surface area contributed by atoms with E-state index in [-0.39, 0.29) is 17.2 Å². The molecular weight excluding hydrogens is 667 g/mol. The van der Waals surface area contributed by atoms with Gasteiger partial charge in [0.2, 0.25) is 5.91 Å². The zero-order chi connectivity index (χ0) is 36.2. The molecule has 0 aliphatic rings. The Bertz CT molecular complexity index is 2040. The van der Waals surface area contributed by atoms with Crippen molar-refractivity contribution in [2.24, 2.45) is 0 Å². The van der Waals surface area contributed by atoms with E-state index in [9.17, 15) is 19.2 Å². The maximum Gasteiger partial charge on any atom is 0.339 e. The van der Waals surface area contributed by atoms with Crippen LogP contribution in [0.15, 0.2) is 138 Å². The zero-order valence-corrected chi connectivity index (χ0v) is 28.9. The van der Waals surface area contributed by atoms with Gasteiger partial charge in [0.1, 0.15) is 10.9 Å². The summed E-state index contributed by atoms with van der Waals surface area (Å²) in [6, 6.07) is 36.6. The van der Waals surface area contributed by atoms with Gasteiger partial charge in [-0.15, -0.1) is 11.8 Å². The highest BCUT2D eigenvalue weighted by Gasteiger charge is 2.24. The number of anilines is 2. The summed E-state index contributed by atoms with van der Waals surface area (Å²) in [6.45, 7) is 0. The molecule has 5 rings (SSSR count). The van der Waals surface area contributed by atoms with Gasteiger partial charge in [-0.3, -0.25) is 14.4 Å². The molecule has 0 saturated heterocycles. The predicted octanol–water partition coefficient (Wildman–Crippen LogP) is 7.37. The first-order valence-corrected chi connectivity index (χ1v) is 16.6. The Morgan fingerprint density at radius 1 is 0.686 bits per heavy atom. The van der Waals surface area contributed by atoms with Gasteiger partial charge in [0.05, 0.1) is 32.6 Å². The first-order chi connectivity index (χ1) is 24.8. The minimum Gasteiger partial charge on any atom is -0.493 e. The van der Waals surface area contributed by atoms with E-state index in [1.54, 1.807) is 97.1 Å². The van der Waals surface area contributed by atoms with Gasteiger partial charge in [-0.2, -0.15) is 0 Å². The van der Waals surface area contributed by atoms with Gasteiger partial charge < -0.3 is 30.2 Å². The minimum atomic E-state index is -0.682. The monoisotopic (exact) mass is 701 g/mol. The standard InChI is InChI=1S/C40H35N3O7S/c1-48-34-20-12-17-28(35(34)49-2)25-33(43-37(44)27-15-8-5-9-16-27)38(45)41-29-21-23-30(24-22-29)51-36(26-13-6-4-7-14-26)39(46)42-32-19-11-10-18-31(32)40(47)50-3/h4-25,36H,1-3H3,(H,41,45)(H,42,46)(H,43,44)/b33-25-. The molecule has 3 amide bonds. The summed E-state index contributed by atoms with van der Waals surface area (Å²) in [6.07, 6.45) is 1.52. The van der Waals surface area contributed by atoms with Gasteiger partial charge in [0.25, 0.3) is 11.8 Å². The average Bonchev–Trinajstić information content (AvgIpc) is 3.17. The Balaban J connectivity index is 1.37. The number of carbonyl (C=O) groups excluding carboxylic acids is 4. The number of thioether (sulfide) groups is 1. The van der Waals surface area contributed by atoms with Gasteiger partial charge in [-0.25, -0.2) is 4.79 Å². The Hall–Kier alpha value is -6.33. The smallest absolute Gasteiger partial charge is 0.339 e. The summed E-state index contributed by atoms with van der Waals surface area (Å²) in [4.78, 5) is 53.6. The van der Waals surface area contributed by atoms with Crippen molar-refractivity contribution in [1.82, 2.24) is 5.32 Å². The number of carbonyl (C=O) groups is 4. The number of esters is 1. The van der Waals surface area contributed by atoms with Crippen molar-refractivity contribution < 1.29 is 33.4 Å². The van der Waals surface area contributed by atoms with E-state index in [4.69, 9.17) is 14.2 Å². The molecule has 0 radical (unpaired) electrons. The van der Waals surface area contributed by atoms with Crippen molar-refractivity contribution in [2.75, 3.05) is 32.0 Å². The SMILES string of the molecule is COC(=O)c1ccccc1NC(=O)C(Sc1ccc(NC(=O)/C(=C/c2cccc(OC)c2OC)NC(=O)c2ccccc2)cc1)c1ccccc1. The Morgan fingerprint density at radius 2 is 1.35 bits per heavy atom. The topological polar surface area (TPSA) is 132 Å². The lowest BCUT2D eigenvalue weighted by Crippen LogP contribution is -2.30. The molecule has 10 nitrogen and oxygen atoms in total. The molecule has 51 heavy (non-hydrogen) atoms. The Labute approximate surface area is 299 Å². The van der Waals surface area contributed by atoms with E-state index >= 15 is 0 Å². The van der Waals surface area contributed by atoms with E-state index in [0.29, 0.717) is 34.0 Å². The molecule has 3 N–H and O–H groups in total. The summed E-state index contributed by atoms with van der Waals surface area (Å²) in [5.41, 5.74) is 2.65. The van der Waals surface area contributed by atoms with E-state index in [1.807, 2.05) is 30.3 Å². The third-order valence-corrected chi connectivity index (χ3v) is 8.83. The molecule has 1 unspecified atom stereocenters. The second-order valence-electron chi connectivity index (χ2n) is 10.9. The summed E-state index contributed by atoms with van der Waals surface area (Å²) < 4.78 is 15.8. The molecule has 0 aromatic heterocycles. The van der Waals surface area contributed by atoms with E-state index in [1.165, 1.54) is 39.2 Å². The highest BCUT2D eigenvalue weighted by atomic mass is 32.2. The largest absolute Gasteiger partial charge is 0.493 e. The van der Waals surface area contributed by atoms with Crippen LogP contribution in [0.5, 0.6) is 11.5 Å². The molecule has 0 saturated carbocycles. The lowest BCUT2D eigenvalue weighted by molar-refractivity contribution is -0.116. The number of methoxy groups -OCH3 is 3. The van der Waals surface area contributed by atoms with Crippen LogP contribution in [0.2, 0.25) is 0 Å². The number of rotatable bonds is 13. The Morgan fingerprint density at radius 3 is 2.02 bits per heavy atom. The number of hydrogen-bond donors (Lipinski definition) is 3. The molecule has 0 heterocycles. The van der Waals surface area contributed by atoms with Gasteiger partial charge in [-0.1, -0.05) is 72.8 Å². The van der Waals surface area contributed by atoms with Crippen molar-refractivity contribution in [3.63, 3.8) is 0 Å². The first kappa shape index (κ1) is 36.0. The summed E-state index contributed by atoms with van der Waals surface area (Å²) in [7, 11) is 4.28. The van der Waals surface area contributed by atoms with Crippen LogP contribution in [-0.2, 0) is 14.3 Å². The number of hydrogen-bond acceptors (Lipinski definition) is 8. The molecule has 0 spiro atoms. The maximum atomic E-state index is 13.7. The molecule has 0 fully saturated rings. The molecule has 11 heteroatoms. The van der Waals surface area contributed by atoms with Crippen LogP contribution in [0.25, 0.3) is 6.08 Å². The molecule has 1 atom stereocenters. The third-order valence-electron chi connectivity index (χ3n) is 7.56. The maximum absolute atomic E-state index is 13.7. The fourth-order valence-corrected chi connectivity index (χ4v) is 6.08. The minimum absolute atomic E-state index is 0.0260. The van der Waals surface area contributed by atoms with Gasteiger partial charge >= 0.3 is 5.97 Å². The fourth-order valence-electron chi connectivity index (χ4n) is 5.05. The quantitative estimate of drug-likeness (QED) is 0.0659.